The van der Waals surface area contributed by atoms with Crippen LogP contribution in [0.4, 0.5) is 0 Å². The molecule has 26 aromatic rings. The Balaban J connectivity index is 0.683. The van der Waals surface area contributed by atoms with E-state index in [0.717, 1.165) is 251 Å². The molecule has 26 rings (SSSR count). The number of oxazole rings is 1. The quantitative estimate of drug-likeness (QED) is 0.168. The van der Waals surface area contributed by atoms with Crippen LogP contribution in [-0.4, -0.2) is 58.2 Å². The third-order valence-electron chi connectivity index (χ3n) is 24.2. The lowest BCUT2D eigenvalue weighted by Crippen LogP contribution is -1.97. The molecule has 0 N–H and O–H groups in total. The molecule has 0 aliphatic heterocycles. The van der Waals surface area contributed by atoms with E-state index in [1.165, 1.54) is 0 Å². The molecule has 0 spiro atoms. The van der Waals surface area contributed by atoms with Crippen LogP contribution in [-0.2, 0) is 0 Å². The highest BCUT2D eigenvalue weighted by Crippen LogP contribution is 2.46. The van der Waals surface area contributed by atoms with Gasteiger partial charge in [0, 0.05) is 107 Å². The lowest BCUT2D eigenvalue weighted by atomic mass is 9.93. The summed E-state index contributed by atoms with van der Waals surface area (Å²) in [5.41, 5.74) is 18.7. The van der Waals surface area contributed by atoms with Crippen LogP contribution in [0.3, 0.4) is 0 Å². The Kier molecular flexibility index (Phi) is 12.9. The van der Waals surface area contributed by atoms with Gasteiger partial charge in [-0.1, -0.05) is 212 Å². The molecule has 0 aliphatic rings. The van der Waals surface area contributed by atoms with Gasteiger partial charge < -0.3 is 4.42 Å². The summed E-state index contributed by atoms with van der Waals surface area (Å²) in [6.45, 7) is 0. The van der Waals surface area contributed by atoms with Crippen molar-refractivity contribution in [1.82, 2.24) is 58.2 Å². The summed E-state index contributed by atoms with van der Waals surface area (Å²) < 4.78 is 13.3. The van der Waals surface area contributed by atoms with Gasteiger partial charge in [-0.3, -0.25) is 33.3 Å². The summed E-state index contributed by atoms with van der Waals surface area (Å²) in [5.74, 6) is 1.30. The largest absolute Gasteiger partial charge is 0.422 e. The minimum Gasteiger partial charge on any atom is -0.422 e. The van der Waals surface area contributed by atoms with Crippen LogP contribution in [0.25, 0.3) is 257 Å². The fourth-order valence-corrected chi connectivity index (χ4v) is 19.2. The van der Waals surface area contributed by atoms with Gasteiger partial charge in [0.2, 0.25) is 5.78 Å². The van der Waals surface area contributed by atoms with Gasteiger partial charge in [0.15, 0.2) is 11.2 Å². The number of hydrogen-bond donors (Lipinski definition) is 0. The molecule has 0 saturated heterocycles. The Morgan fingerprint density at radius 3 is 1.13 bits per heavy atom. The third kappa shape index (κ3) is 8.84. The van der Waals surface area contributed by atoms with Gasteiger partial charge in [-0.2, -0.15) is 4.98 Å². The van der Waals surface area contributed by atoms with Gasteiger partial charge in [-0.15, -0.1) is 0 Å². The Hall–Kier alpha value is -16.0. The number of pyridine rings is 5. The number of benzene rings is 12. The van der Waals surface area contributed by atoms with Gasteiger partial charge in [-0.25, -0.2) is 19.9 Å². The van der Waals surface area contributed by atoms with Crippen molar-refractivity contribution in [3.05, 3.63) is 340 Å². The maximum Gasteiger partial charge on any atom is 0.307 e. The molecule has 0 saturated carbocycles. The van der Waals surface area contributed by atoms with Crippen LogP contribution < -0.4 is 0 Å². The molecule has 0 aliphatic carbocycles. The van der Waals surface area contributed by atoms with Crippen molar-refractivity contribution in [3.63, 3.8) is 0 Å². The summed E-state index contributed by atoms with van der Waals surface area (Å²) >= 11 is 0. The summed E-state index contributed by atoms with van der Waals surface area (Å²) in [4.78, 5) is 48.8. The number of hydrogen-bond acceptors (Lipinski definition) is 10. The van der Waals surface area contributed by atoms with E-state index < -0.39 is 0 Å². The zero-order valence-corrected chi connectivity index (χ0v) is 61.6. The normalized spacial score (nSPS) is 12.3. The molecule has 10 heterocycles. The molecule has 13 nitrogen and oxygen atoms in total. The van der Waals surface area contributed by atoms with Crippen molar-refractivity contribution in [3.8, 4) is 27.9 Å². The second kappa shape index (κ2) is 23.8. The van der Waals surface area contributed by atoms with Crippen molar-refractivity contribution in [2.75, 3.05) is 0 Å². The van der Waals surface area contributed by atoms with Crippen LogP contribution in [0.2, 0.25) is 0 Å². The minimum atomic E-state index is 0.566. The lowest BCUT2D eigenvalue weighted by Gasteiger charge is -2.14. The Bertz CT molecular complexity index is 9160. The fourth-order valence-electron chi connectivity index (χ4n) is 19.2. The van der Waals surface area contributed by atoms with Crippen molar-refractivity contribution in [1.29, 1.82) is 0 Å². The number of para-hydroxylation sites is 5. The van der Waals surface area contributed by atoms with E-state index >= 15 is 0 Å². The molecule has 0 radical (unpaired) electrons. The van der Waals surface area contributed by atoms with E-state index in [0.29, 0.717) is 5.84 Å². The summed E-state index contributed by atoms with van der Waals surface area (Å²) in [5, 5.41) is 24.7. The highest BCUT2D eigenvalue weighted by atomic mass is 16.4. The van der Waals surface area contributed by atoms with E-state index in [4.69, 9.17) is 49.3 Å². The van der Waals surface area contributed by atoms with Gasteiger partial charge in [-0.05, 0) is 173 Å². The first-order valence-electron chi connectivity index (χ1n) is 39.0. The standard InChI is InChI=1S/C103H56N12O/c1-5-24-68-62(20-1)66-43-40-57(50-79(66)64-22-3-7-26-70(64)98-96(68)111-97-69-25-6-2-21-63(69)67-44-41-58(51-80(67)65-23-4-8-27-71(65)99(97)112-98)61-30-15-39-90-100(61)116-103-110-87-36-12-14-38-89(87)115(90)103)59-52-91-101(108-56-59)113(102-109-86-35-11-13-37-88(86)114(91)102)60-42-45-78-85(53-60)95-77(34-19-49-107-95)84-55-82-75-32-17-47-105-93(75)73-29-10-9-28-72(73)92-74(31-16-46-104-92)81(82)54-83(84)76-33-18-48-106-94(76)78/h1-56H. The van der Waals surface area contributed by atoms with E-state index in [-0.39, 0.29) is 0 Å². The lowest BCUT2D eigenvalue weighted by molar-refractivity contribution is 0.644. The predicted octanol–water partition coefficient (Wildman–Crippen LogP) is 25.8. The maximum atomic E-state index is 6.71. The van der Waals surface area contributed by atoms with Crippen LogP contribution in [0.15, 0.2) is 345 Å². The van der Waals surface area contributed by atoms with Crippen molar-refractivity contribution < 1.29 is 4.42 Å². The third-order valence-corrected chi connectivity index (χ3v) is 24.2. The van der Waals surface area contributed by atoms with Crippen molar-refractivity contribution in [2.45, 2.75) is 0 Å². The zero-order chi connectivity index (χ0) is 75.5. The van der Waals surface area contributed by atoms with E-state index in [2.05, 4.69) is 280 Å². The zero-order valence-electron chi connectivity index (χ0n) is 61.6. The van der Waals surface area contributed by atoms with Crippen LogP contribution in [0.5, 0.6) is 0 Å². The number of rotatable bonds is 3. The van der Waals surface area contributed by atoms with E-state index in [1.54, 1.807) is 0 Å². The molecule has 13 heteroatoms. The fraction of sp³-hybridized carbons (Fsp3) is 0. The number of nitrogens with zero attached hydrogens (tertiary/aromatic N) is 12. The molecule has 0 atom stereocenters. The van der Waals surface area contributed by atoms with Gasteiger partial charge in [0.1, 0.15) is 0 Å². The first kappa shape index (κ1) is 62.7. The molecule has 10 aromatic heterocycles. The van der Waals surface area contributed by atoms with Gasteiger partial charge >= 0.3 is 5.84 Å². The second-order valence-corrected chi connectivity index (χ2v) is 30.3. The Morgan fingerprint density at radius 2 is 0.603 bits per heavy atom. The number of imidazole rings is 3. The smallest absolute Gasteiger partial charge is 0.307 e. The van der Waals surface area contributed by atoms with E-state index in [9.17, 15) is 0 Å². The average molecular weight is 1480 g/mol. The molecule has 0 fully saturated rings. The van der Waals surface area contributed by atoms with Crippen LogP contribution in [0, 0.1) is 0 Å². The Labute approximate surface area is 656 Å². The van der Waals surface area contributed by atoms with Crippen molar-refractivity contribution in [2.24, 2.45) is 0 Å². The summed E-state index contributed by atoms with van der Waals surface area (Å²) in [6.07, 6.45) is 9.58. The average Bonchev–Trinajstić information content (AvgIpc) is 1.37. The molecule has 534 valence electrons. The number of aromatic nitrogens is 12. The highest BCUT2D eigenvalue weighted by Gasteiger charge is 2.25. The minimum absolute atomic E-state index is 0.566. The van der Waals surface area contributed by atoms with Gasteiger partial charge in [0.25, 0.3) is 0 Å². The molecule has 0 amide bonds. The van der Waals surface area contributed by atoms with Crippen molar-refractivity contribution >= 4 is 229 Å². The Morgan fingerprint density at radius 1 is 0.224 bits per heavy atom. The highest BCUT2D eigenvalue weighted by molar-refractivity contribution is 6.33. The number of fused-ring (bicyclic) bond motifs is 42. The van der Waals surface area contributed by atoms with Crippen LogP contribution in [0.1, 0.15) is 0 Å². The van der Waals surface area contributed by atoms with Crippen LogP contribution >= 0.6 is 0 Å². The maximum absolute atomic E-state index is 6.71. The summed E-state index contributed by atoms with van der Waals surface area (Å²) in [7, 11) is 0. The molecule has 0 unspecified atom stereocenters. The molecule has 16 aromatic carbocycles. The van der Waals surface area contributed by atoms with E-state index in [1.807, 2.05) is 73.4 Å². The van der Waals surface area contributed by atoms with Gasteiger partial charge in [0.05, 0.1) is 82.9 Å². The second-order valence-electron chi connectivity index (χ2n) is 30.3. The topological polar surface area (TPSA) is 143 Å². The summed E-state index contributed by atoms with van der Waals surface area (Å²) in [6, 6.07) is 110. The first-order chi connectivity index (χ1) is 57.5. The molecular weight excluding hydrogens is 1420 g/mol. The molecular formula is C103H56N12O. The molecule has 0 bridgehead atoms. The monoisotopic (exact) mass is 1480 g/mol. The SMILES string of the molecule is c1ccc2c(c1)nc1oc3c(-c4ccc5c(c4)c4ccccc4c4nc6c7ccccc7c7cc(-c8cnc9c(c8)n8c%10ccccc%10nc8n9-c8ccc9c(c8)c8ncccc8c8cc%10c(cc8c8cccnc89)c8cccnc8c8ccccc8c8ncccc%108)ccc7c7ccccc7c6nc4c4ccccc54)cccc3n12. The molecule has 116 heavy (non-hydrogen) atoms. The predicted molar refractivity (Wildman–Crippen MR) is 476 cm³/mol. The first-order valence-corrected chi connectivity index (χ1v) is 39.0.